The summed E-state index contributed by atoms with van der Waals surface area (Å²) >= 11 is 5.55. The number of halogens is 1. The summed E-state index contributed by atoms with van der Waals surface area (Å²) < 4.78 is 7.69. The summed E-state index contributed by atoms with van der Waals surface area (Å²) in [6.07, 6.45) is 1.47. The second-order valence-electron chi connectivity index (χ2n) is 5.10. The number of rotatable bonds is 8. The lowest BCUT2D eigenvalue weighted by Crippen LogP contribution is -2.20. The molecule has 1 heterocycles. The third-order valence-corrected chi connectivity index (χ3v) is 3.70. The van der Waals surface area contributed by atoms with Gasteiger partial charge in [-0.15, -0.1) is 11.6 Å². The zero-order valence-corrected chi connectivity index (χ0v) is 13.7. The Morgan fingerprint density at radius 1 is 1.36 bits per heavy atom. The molecule has 0 fully saturated rings. The zero-order chi connectivity index (χ0) is 15.9. The molecule has 0 aliphatic heterocycles. The van der Waals surface area contributed by atoms with E-state index in [4.69, 9.17) is 16.3 Å². The van der Waals surface area contributed by atoms with Crippen molar-refractivity contribution in [3.63, 3.8) is 0 Å². The Hall–Kier alpha value is -1.72. The van der Waals surface area contributed by atoms with E-state index in [0.29, 0.717) is 13.2 Å². The maximum Gasteiger partial charge on any atom is 0.119 e. The summed E-state index contributed by atoms with van der Waals surface area (Å²) in [6, 6.07) is 7.63. The lowest BCUT2D eigenvalue weighted by molar-refractivity contribution is 0.211. The summed E-state index contributed by atoms with van der Waals surface area (Å²) in [5, 5.41) is 16.9. The average Bonchev–Trinajstić information content (AvgIpc) is 2.91. The van der Waals surface area contributed by atoms with Crippen molar-refractivity contribution in [2.24, 2.45) is 0 Å². The van der Waals surface area contributed by atoms with E-state index in [2.05, 4.69) is 17.3 Å². The Bertz CT molecular complexity index is 584. The predicted molar refractivity (Wildman–Crippen MR) is 88.6 cm³/mol. The highest BCUT2D eigenvalue weighted by atomic mass is 35.5. The largest absolute Gasteiger partial charge is 0.489 e. The van der Waals surface area contributed by atoms with Crippen molar-refractivity contribution in [1.82, 2.24) is 9.78 Å². The van der Waals surface area contributed by atoms with Crippen molar-refractivity contribution in [2.75, 3.05) is 17.7 Å². The molecule has 2 rings (SSSR count). The maximum atomic E-state index is 9.41. The molecule has 0 radical (unpaired) electrons. The van der Waals surface area contributed by atoms with E-state index in [9.17, 15) is 5.11 Å². The first-order valence-electron chi connectivity index (χ1n) is 7.36. The van der Waals surface area contributed by atoms with Crippen LogP contribution >= 0.6 is 11.6 Å². The molecule has 120 valence electrons. The molecule has 0 amide bonds. The van der Waals surface area contributed by atoms with Gasteiger partial charge in [0.05, 0.1) is 17.7 Å². The lowest BCUT2D eigenvalue weighted by Gasteiger charge is -2.11. The Morgan fingerprint density at radius 3 is 2.68 bits per heavy atom. The minimum Gasteiger partial charge on any atom is -0.489 e. The molecule has 1 aromatic heterocycles. The van der Waals surface area contributed by atoms with Gasteiger partial charge in [0.2, 0.25) is 0 Å². The van der Waals surface area contributed by atoms with E-state index < -0.39 is 6.10 Å². The van der Waals surface area contributed by atoms with Gasteiger partial charge in [-0.2, -0.15) is 5.10 Å². The smallest absolute Gasteiger partial charge is 0.119 e. The number of aromatic nitrogens is 2. The van der Waals surface area contributed by atoms with Crippen LogP contribution in [0.15, 0.2) is 30.5 Å². The molecule has 22 heavy (non-hydrogen) atoms. The monoisotopic (exact) mass is 323 g/mol. The second kappa shape index (κ2) is 8.06. The molecule has 0 saturated heterocycles. The van der Waals surface area contributed by atoms with Gasteiger partial charge in [-0.1, -0.05) is 0 Å². The number of nitrogens with one attached hydrogen (secondary N) is 1. The molecule has 0 aliphatic rings. The van der Waals surface area contributed by atoms with E-state index >= 15 is 0 Å². The fourth-order valence-electron chi connectivity index (χ4n) is 1.98. The van der Waals surface area contributed by atoms with Crippen LogP contribution in [0.2, 0.25) is 0 Å². The van der Waals surface area contributed by atoms with Gasteiger partial charge in [-0.05, 0) is 38.1 Å². The Labute approximate surface area is 135 Å². The summed E-state index contributed by atoms with van der Waals surface area (Å²) in [5.74, 6) is 1.02. The number of ether oxygens (including phenoxy) is 1. The average molecular weight is 324 g/mol. The molecular weight excluding hydrogens is 302 g/mol. The molecule has 2 N–H and O–H groups in total. The molecule has 1 atom stereocenters. The lowest BCUT2D eigenvalue weighted by atomic mass is 10.2. The number of anilines is 1. The van der Waals surface area contributed by atoms with Gasteiger partial charge >= 0.3 is 0 Å². The zero-order valence-electron chi connectivity index (χ0n) is 12.9. The van der Waals surface area contributed by atoms with Crippen LogP contribution < -0.4 is 10.1 Å². The fourth-order valence-corrected chi connectivity index (χ4v) is 2.09. The molecular formula is C16H22ClN3O2. The number of aliphatic hydroxyl groups is 1. The Kier molecular flexibility index (Phi) is 6.10. The molecule has 1 aromatic carbocycles. The van der Waals surface area contributed by atoms with Crippen molar-refractivity contribution in [3.05, 3.63) is 41.7 Å². The number of alkyl halides is 1. The van der Waals surface area contributed by atoms with Crippen molar-refractivity contribution >= 4 is 17.3 Å². The second-order valence-corrected chi connectivity index (χ2v) is 5.41. The van der Waals surface area contributed by atoms with Crippen LogP contribution in [0.25, 0.3) is 0 Å². The third kappa shape index (κ3) is 4.64. The van der Waals surface area contributed by atoms with Gasteiger partial charge in [-0.3, -0.25) is 4.68 Å². The van der Waals surface area contributed by atoms with Gasteiger partial charge < -0.3 is 15.2 Å². The summed E-state index contributed by atoms with van der Waals surface area (Å²) in [6.45, 7) is 5.84. The standard InChI is InChI=1S/C16H22ClN3O2/c1-3-20-10-13(12(2)19-20)11-22-16-6-4-14(5-7-16)18-9-15(21)8-17/h4-7,10,15,18,21H,3,8-9,11H2,1-2H3. The highest BCUT2D eigenvalue weighted by Gasteiger charge is 2.05. The first-order chi connectivity index (χ1) is 10.6. The number of aryl methyl sites for hydroxylation is 2. The SMILES string of the molecule is CCn1cc(COc2ccc(NCC(O)CCl)cc2)c(C)n1. The van der Waals surface area contributed by atoms with Crippen LogP contribution in [0.5, 0.6) is 5.75 Å². The predicted octanol–water partition coefficient (Wildman–Crippen LogP) is 2.80. The first-order valence-corrected chi connectivity index (χ1v) is 7.89. The summed E-state index contributed by atoms with van der Waals surface area (Å²) in [7, 11) is 0. The van der Waals surface area contributed by atoms with Crippen LogP contribution in [-0.4, -0.2) is 33.4 Å². The van der Waals surface area contributed by atoms with Gasteiger partial charge in [0.1, 0.15) is 12.4 Å². The molecule has 5 nitrogen and oxygen atoms in total. The minimum absolute atomic E-state index is 0.221. The molecule has 1 unspecified atom stereocenters. The first kappa shape index (κ1) is 16.6. The number of nitrogens with zero attached hydrogens (tertiary/aromatic N) is 2. The van der Waals surface area contributed by atoms with Crippen molar-refractivity contribution in [3.8, 4) is 5.75 Å². The van der Waals surface area contributed by atoms with Crippen LogP contribution in [-0.2, 0) is 13.2 Å². The van der Waals surface area contributed by atoms with Gasteiger partial charge in [0, 0.05) is 30.5 Å². The Balaban J connectivity index is 1.87. The number of hydrogen-bond acceptors (Lipinski definition) is 4. The van der Waals surface area contributed by atoms with Crippen LogP contribution in [0.3, 0.4) is 0 Å². The van der Waals surface area contributed by atoms with E-state index in [1.54, 1.807) is 0 Å². The van der Waals surface area contributed by atoms with Crippen molar-refractivity contribution < 1.29 is 9.84 Å². The molecule has 2 aromatic rings. The maximum absolute atomic E-state index is 9.41. The highest BCUT2D eigenvalue weighted by Crippen LogP contribution is 2.18. The van der Waals surface area contributed by atoms with Crippen molar-refractivity contribution in [1.29, 1.82) is 0 Å². The molecule has 0 bridgehead atoms. The van der Waals surface area contributed by atoms with Gasteiger partial charge in [0.15, 0.2) is 0 Å². The van der Waals surface area contributed by atoms with E-state index in [0.717, 1.165) is 29.2 Å². The quantitative estimate of drug-likeness (QED) is 0.733. The normalized spacial score (nSPS) is 12.2. The van der Waals surface area contributed by atoms with Gasteiger partial charge in [0.25, 0.3) is 0 Å². The van der Waals surface area contributed by atoms with Crippen LogP contribution in [0.4, 0.5) is 5.69 Å². The molecule has 0 aliphatic carbocycles. The molecule has 0 saturated carbocycles. The molecule has 6 heteroatoms. The molecule has 0 spiro atoms. The van der Waals surface area contributed by atoms with Crippen LogP contribution in [0.1, 0.15) is 18.2 Å². The van der Waals surface area contributed by atoms with E-state index in [-0.39, 0.29) is 5.88 Å². The van der Waals surface area contributed by atoms with E-state index in [1.807, 2.05) is 42.1 Å². The van der Waals surface area contributed by atoms with Crippen molar-refractivity contribution in [2.45, 2.75) is 33.1 Å². The Morgan fingerprint density at radius 2 is 2.09 bits per heavy atom. The number of hydrogen-bond donors (Lipinski definition) is 2. The topological polar surface area (TPSA) is 59.3 Å². The number of benzene rings is 1. The number of aliphatic hydroxyl groups excluding tert-OH is 1. The highest BCUT2D eigenvalue weighted by molar-refractivity contribution is 6.18. The van der Waals surface area contributed by atoms with E-state index in [1.165, 1.54) is 0 Å². The van der Waals surface area contributed by atoms with Crippen LogP contribution in [0, 0.1) is 6.92 Å². The fraction of sp³-hybridized carbons (Fsp3) is 0.438. The summed E-state index contributed by atoms with van der Waals surface area (Å²) in [4.78, 5) is 0. The minimum atomic E-state index is -0.546. The summed E-state index contributed by atoms with van der Waals surface area (Å²) in [5.41, 5.74) is 3.01. The van der Waals surface area contributed by atoms with Gasteiger partial charge in [-0.25, -0.2) is 0 Å². The third-order valence-electron chi connectivity index (χ3n) is 3.34.